The summed E-state index contributed by atoms with van der Waals surface area (Å²) in [6.45, 7) is 7.30. The molecule has 2 aromatic carbocycles. The van der Waals surface area contributed by atoms with Gasteiger partial charge in [-0.2, -0.15) is 0 Å². The number of para-hydroxylation sites is 3. The van der Waals surface area contributed by atoms with Crippen LogP contribution in [0.3, 0.4) is 0 Å². The Morgan fingerprint density at radius 1 is 0.513 bits per heavy atom. The summed E-state index contributed by atoms with van der Waals surface area (Å²) in [5, 5.41) is 0. The van der Waals surface area contributed by atoms with Crippen LogP contribution in [-0.4, -0.2) is 45.9 Å². The number of aldehydes is 1. The van der Waals surface area contributed by atoms with Crippen molar-refractivity contribution in [3.8, 4) is 23.0 Å². The van der Waals surface area contributed by atoms with Crippen LogP contribution in [0.25, 0.3) is 0 Å². The van der Waals surface area contributed by atoms with Gasteiger partial charge in [-0.25, -0.2) is 0 Å². The predicted molar refractivity (Wildman–Crippen MR) is 158 cm³/mol. The van der Waals surface area contributed by atoms with Gasteiger partial charge in [0.25, 0.3) is 0 Å². The largest absolute Gasteiger partial charge is 0.490 e. The normalized spacial score (nSPS) is 10.8. The second-order valence-electron chi connectivity index (χ2n) is 9.78. The van der Waals surface area contributed by atoms with E-state index in [1.165, 1.54) is 57.8 Å². The molecule has 6 heteroatoms. The number of carbonyl (C=O) groups excluding carboxylic acids is 1. The minimum atomic E-state index is 0.316. The number of benzene rings is 2. The molecule has 0 saturated carbocycles. The van der Waals surface area contributed by atoms with E-state index in [4.69, 9.17) is 23.7 Å². The number of unbranched alkanes of at least 4 members (excludes halogenated alkanes) is 10. The molecule has 0 bridgehead atoms. The molecule has 218 valence electrons. The summed E-state index contributed by atoms with van der Waals surface area (Å²) in [6.07, 6.45) is 15.4. The highest BCUT2D eigenvalue weighted by atomic mass is 16.6. The van der Waals surface area contributed by atoms with Crippen molar-refractivity contribution in [2.75, 3.05) is 39.6 Å². The van der Waals surface area contributed by atoms with Gasteiger partial charge >= 0.3 is 0 Å². The second-order valence-corrected chi connectivity index (χ2v) is 9.78. The van der Waals surface area contributed by atoms with E-state index in [0.29, 0.717) is 56.7 Å². The van der Waals surface area contributed by atoms with Gasteiger partial charge in [0.2, 0.25) is 0 Å². The lowest BCUT2D eigenvalue weighted by Gasteiger charge is -2.15. The van der Waals surface area contributed by atoms with Crippen LogP contribution in [0.5, 0.6) is 23.0 Å². The molecule has 0 aliphatic heterocycles. The van der Waals surface area contributed by atoms with E-state index in [2.05, 4.69) is 13.8 Å². The molecule has 0 radical (unpaired) electrons. The van der Waals surface area contributed by atoms with Crippen molar-refractivity contribution in [1.82, 2.24) is 0 Å². The fourth-order valence-electron chi connectivity index (χ4n) is 4.23. The molecule has 0 amide bonds. The molecule has 2 rings (SSSR count). The maximum atomic E-state index is 11.5. The van der Waals surface area contributed by atoms with Crippen LogP contribution in [0.2, 0.25) is 0 Å². The van der Waals surface area contributed by atoms with Crippen LogP contribution in [-0.2, 0) is 4.74 Å². The zero-order valence-electron chi connectivity index (χ0n) is 24.3. The maximum Gasteiger partial charge on any atom is 0.171 e. The van der Waals surface area contributed by atoms with E-state index >= 15 is 0 Å². The summed E-state index contributed by atoms with van der Waals surface area (Å²) in [5.41, 5.74) is 0.483. The fourth-order valence-corrected chi connectivity index (χ4v) is 4.23. The SMILES string of the molecule is CCCCCCCCOc1ccccc1OCCOCCOc1c(C=O)cccc1OCCCCCCCC. The lowest BCUT2D eigenvalue weighted by atomic mass is 10.1. The van der Waals surface area contributed by atoms with Gasteiger partial charge in [-0.05, 0) is 37.1 Å². The Hall–Kier alpha value is -2.73. The predicted octanol–water partition coefficient (Wildman–Crippen LogP) is 8.45. The molecule has 0 unspecified atom stereocenters. The second kappa shape index (κ2) is 22.1. The minimum absolute atomic E-state index is 0.316. The molecule has 0 fully saturated rings. The minimum Gasteiger partial charge on any atom is -0.490 e. The van der Waals surface area contributed by atoms with Crippen molar-refractivity contribution < 1.29 is 28.5 Å². The molecule has 0 spiro atoms. The number of ether oxygens (including phenoxy) is 5. The van der Waals surface area contributed by atoms with Crippen LogP contribution >= 0.6 is 0 Å². The third kappa shape index (κ3) is 14.3. The maximum absolute atomic E-state index is 11.5. The summed E-state index contributed by atoms with van der Waals surface area (Å²) in [5.74, 6) is 2.59. The number of hydrogen-bond donors (Lipinski definition) is 0. The smallest absolute Gasteiger partial charge is 0.171 e. The van der Waals surface area contributed by atoms with Gasteiger partial charge in [-0.1, -0.05) is 96.3 Å². The Labute approximate surface area is 236 Å². The highest BCUT2D eigenvalue weighted by molar-refractivity contribution is 5.81. The Kier molecular flexibility index (Phi) is 18.4. The molecule has 0 aliphatic rings. The van der Waals surface area contributed by atoms with Gasteiger partial charge < -0.3 is 23.7 Å². The van der Waals surface area contributed by atoms with Gasteiger partial charge in [0.15, 0.2) is 29.3 Å². The highest BCUT2D eigenvalue weighted by Crippen LogP contribution is 2.31. The van der Waals surface area contributed by atoms with Crippen molar-refractivity contribution in [2.45, 2.75) is 90.9 Å². The van der Waals surface area contributed by atoms with Crippen molar-refractivity contribution >= 4 is 6.29 Å². The third-order valence-electron chi connectivity index (χ3n) is 6.46. The molecule has 0 N–H and O–H groups in total. The topological polar surface area (TPSA) is 63.2 Å². The van der Waals surface area contributed by atoms with E-state index < -0.39 is 0 Å². The Morgan fingerprint density at radius 2 is 1.00 bits per heavy atom. The highest BCUT2D eigenvalue weighted by Gasteiger charge is 2.11. The molecular weight excluding hydrogens is 492 g/mol. The fraction of sp³-hybridized carbons (Fsp3) is 0.606. The summed E-state index contributed by atoms with van der Waals surface area (Å²) < 4.78 is 29.4. The van der Waals surface area contributed by atoms with E-state index in [1.807, 2.05) is 36.4 Å². The standard InChI is InChI=1S/C33H50O6/c1-3-5-7-9-11-15-22-36-30-19-13-14-20-31(30)38-26-24-35-25-27-39-33-29(28-34)18-17-21-32(33)37-23-16-12-10-8-6-4-2/h13-14,17-21,28H,3-12,15-16,22-27H2,1-2H3. The van der Waals surface area contributed by atoms with Gasteiger partial charge in [0.05, 0.1) is 32.0 Å². The zero-order chi connectivity index (χ0) is 27.8. The first kappa shape index (κ1) is 32.5. The van der Waals surface area contributed by atoms with Crippen molar-refractivity contribution in [1.29, 1.82) is 0 Å². The van der Waals surface area contributed by atoms with Crippen molar-refractivity contribution in [3.63, 3.8) is 0 Å². The summed E-state index contributed by atoms with van der Waals surface area (Å²) in [7, 11) is 0. The average molecular weight is 543 g/mol. The Bertz CT molecular complexity index is 884. The summed E-state index contributed by atoms with van der Waals surface area (Å²) >= 11 is 0. The number of hydrogen-bond acceptors (Lipinski definition) is 6. The molecule has 0 atom stereocenters. The lowest BCUT2D eigenvalue weighted by Crippen LogP contribution is -2.13. The van der Waals surface area contributed by atoms with Gasteiger partial charge in [0.1, 0.15) is 13.2 Å². The first-order valence-electron chi connectivity index (χ1n) is 15.1. The number of rotatable bonds is 25. The molecule has 0 aliphatic carbocycles. The molecule has 0 heterocycles. The lowest BCUT2D eigenvalue weighted by molar-refractivity contribution is 0.0742. The van der Waals surface area contributed by atoms with Gasteiger partial charge in [0, 0.05) is 0 Å². The van der Waals surface area contributed by atoms with E-state index in [1.54, 1.807) is 6.07 Å². The van der Waals surface area contributed by atoms with Crippen LogP contribution < -0.4 is 18.9 Å². The van der Waals surface area contributed by atoms with E-state index in [-0.39, 0.29) is 0 Å². The van der Waals surface area contributed by atoms with Gasteiger partial charge in [-0.15, -0.1) is 0 Å². The van der Waals surface area contributed by atoms with Crippen LogP contribution in [0.15, 0.2) is 42.5 Å². The molecule has 2 aromatic rings. The van der Waals surface area contributed by atoms with E-state index in [0.717, 1.165) is 37.0 Å². The Balaban J connectivity index is 1.65. The van der Waals surface area contributed by atoms with Crippen LogP contribution in [0.1, 0.15) is 101 Å². The van der Waals surface area contributed by atoms with Gasteiger partial charge in [-0.3, -0.25) is 4.79 Å². The quantitative estimate of drug-likeness (QED) is 0.0926. The average Bonchev–Trinajstić information content (AvgIpc) is 2.96. The molecule has 39 heavy (non-hydrogen) atoms. The first-order valence-corrected chi connectivity index (χ1v) is 15.1. The molecule has 6 nitrogen and oxygen atoms in total. The number of carbonyl (C=O) groups is 1. The van der Waals surface area contributed by atoms with Crippen molar-refractivity contribution in [2.24, 2.45) is 0 Å². The summed E-state index contributed by atoms with van der Waals surface area (Å²) in [4.78, 5) is 11.5. The van der Waals surface area contributed by atoms with Crippen molar-refractivity contribution in [3.05, 3.63) is 48.0 Å². The summed E-state index contributed by atoms with van der Waals surface area (Å²) in [6, 6.07) is 13.2. The first-order chi connectivity index (χ1) is 19.3. The van der Waals surface area contributed by atoms with Crippen LogP contribution in [0, 0.1) is 0 Å². The Morgan fingerprint density at radius 3 is 1.59 bits per heavy atom. The monoisotopic (exact) mass is 542 g/mol. The molecular formula is C33H50O6. The third-order valence-corrected chi connectivity index (χ3v) is 6.46. The van der Waals surface area contributed by atoms with Crippen LogP contribution in [0.4, 0.5) is 0 Å². The molecule has 0 aromatic heterocycles. The van der Waals surface area contributed by atoms with E-state index in [9.17, 15) is 4.79 Å². The molecule has 0 saturated heterocycles. The zero-order valence-corrected chi connectivity index (χ0v) is 24.3.